The molecule has 0 unspecified atom stereocenters. The van der Waals surface area contributed by atoms with Gasteiger partial charge in [-0.2, -0.15) is 0 Å². The van der Waals surface area contributed by atoms with Crippen LogP contribution in [-0.4, -0.2) is 26.4 Å². The van der Waals surface area contributed by atoms with Gasteiger partial charge < -0.3 is 10.1 Å². The number of hydrogen-bond acceptors (Lipinski definition) is 5. The van der Waals surface area contributed by atoms with Gasteiger partial charge in [-0.25, -0.2) is 18.4 Å². The first-order valence-corrected chi connectivity index (χ1v) is 9.00. The summed E-state index contributed by atoms with van der Waals surface area (Å²) < 4.78 is 27.9. The molecule has 0 aliphatic heterocycles. The van der Waals surface area contributed by atoms with Crippen molar-refractivity contribution in [3.8, 4) is 0 Å². The minimum Gasteiger partial charge on any atom is -0.449 e. The predicted molar refractivity (Wildman–Crippen MR) is 92.8 cm³/mol. The van der Waals surface area contributed by atoms with Gasteiger partial charge in [-0.05, 0) is 37.3 Å². The number of ether oxygens (including phenoxy) is 1. The Morgan fingerprint density at radius 1 is 1.16 bits per heavy atom. The van der Waals surface area contributed by atoms with Crippen LogP contribution in [0.5, 0.6) is 0 Å². The monoisotopic (exact) mass is 382 g/mol. The third kappa shape index (κ3) is 5.02. The molecule has 3 N–H and O–H groups in total. The molecule has 0 heterocycles. The van der Waals surface area contributed by atoms with Gasteiger partial charge in [0.1, 0.15) is 4.90 Å². The van der Waals surface area contributed by atoms with Gasteiger partial charge in [0.05, 0.1) is 10.6 Å². The molecular formula is C16H15ClN2O5S. The van der Waals surface area contributed by atoms with Crippen LogP contribution in [0.3, 0.4) is 0 Å². The van der Waals surface area contributed by atoms with E-state index in [0.29, 0.717) is 5.69 Å². The third-order valence-corrected chi connectivity index (χ3v) is 4.56. The SMILES string of the molecule is C[C@H](OC(=O)c1ccc(Cl)c(S(N)(=O)=O)c1)C(=O)Nc1ccccc1. The zero-order chi connectivity index (χ0) is 18.6. The molecule has 132 valence electrons. The number of anilines is 1. The standard InChI is InChI=1S/C16H15ClN2O5S/c1-10(15(20)19-12-5-3-2-4-6-12)24-16(21)11-7-8-13(17)14(9-11)25(18,22)23/h2-10H,1H3,(H,19,20)(H2,18,22,23)/t10-/m0/s1. The van der Waals surface area contributed by atoms with Gasteiger partial charge in [0, 0.05) is 5.69 Å². The second-order valence-corrected chi connectivity index (χ2v) is 7.03. The van der Waals surface area contributed by atoms with Gasteiger partial charge in [-0.1, -0.05) is 29.8 Å². The van der Waals surface area contributed by atoms with E-state index < -0.39 is 32.9 Å². The molecule has 0 aromatic heterocycles. The summed E-state index contributed by atoms with van der Waals surface area (Å²) >= 11 is 5.76. The number of nitrogens with one attached hydrogen (secondary N) is 1. The van der Waals surface area contributed by atoms with E-state index in [4.69, 9.17) is 21.5 Å². The van der Waals surface area contributed by atoms with Crippen molar-refractivity contribution in [3.63, 3.8) is 0 Å². The van der Waals surface area contributed by atoms with Gasteiger partial charge in [0.15, 0.2) is 6.10 Å². The van der Waals surface area contributed by atoms with Gasteiger partial charge in [-0.3, -0.25) is 4.79 Å². The number of nitrogens with two attached hydrogens (primary N) is 1. The molecule has 7 nitrogen and oxygen atoms in total. The number of para-hydroxylation sites is 1. The van der Waals surface area contributed by atoms with Crippen molar-refractivity contribution in [2.24, 2.45) is 5.14 Å². The Balaban J connectivity index is 2.10. The number of amides is 1. The summed E-state index contributed by atoms with van der Waals surface area (Å²) in [4.78, 5) is 23.8. The van der Waals surface area contributed by atoms with Crippen LogP contribution in [-0.2, 0) is 19.6 Å². The number of hydrogen-bond donors (Lipinski definition) is 2. The quantitative estimate of drug-likeness (QED) is 0.769. The van der Waals surface area contributed by atoms with E-state index in [2.05, 4.69) is 5.32 Å². The van der Waals surface area contributed by atoms with Crippen molar-refractivity contribution in [2.45, 2.75) is 17.9 Å². The van der Waals surface area contributed by atoms with Gasteiger partial charge in [0.25, 0.3) is 5.91 Å². The molecule has 0 saturated carbocycles. The smallest absolute Gasteiger partial charge is 0.338 e. The Labute approximate surface area is 149 Å². The Morgan fingerprint density at radius 3 is 2.40 bits per heavy atom. The molecule has 1 amide bonds. The predicted octanol–water partition coefficient (Wildman–Crippen LogP) is 2.17. The first kappa shape index (κ1) is 18.9. The largest absolute Gasteiger partial charge is 0.449 e. The second-order valence-electron chi connectivity index (χ2n) is 5.09. The summed E-state index contributed by atoms with van der Waals surface area (Å²) in [5, 5.41) is 7.51. The fraction of sp³-hybridized carbons (Fsp3) is 0.125. The average molecular weight is 383 g/mol. The molecule has 2 aromatic rings. The van der Waals surface area contributed by atoms with E-state index in [1.807, 2.05) is 0 Å². The Hall–Kier alpha value is -2.42. The van der Waals surface area contributed by atoms with Crippen molar-refractivity contribution in [1.82, 2.24) is 0 Å². The third-order valence-electron chi connectivity index (χ3n) is 3.17. The second kappa shape index (κ2) is 7.64. The lowest BCUT2D eigenvalue weighted by Crippen LogP contribution is -2.30. The first-order chi connectivity index (χ1) is 11.7. The van der Waals surface area contributed by atoms with E-state index in [-0.39, 0.29) is 10.6 Å². The van der Waals surface area contributed by atoms with Crippen LogP contribution in [0.2, 0.25) is 5.02 Å². The number of benzene rings is 2. The van der Waals surface area contributed by atoms with Crippen LogP contribution in [0.25, 0.3) is 0 Å². The molecule has 0 aliphatic rings. The fourth-order valence-corrected chi connectivity index (χ4v) is 2.97. The van der Waals surface area contributed by atoms with Crippen LogP contribution in [0, 0.1) is 0 Å². The van der Waals surface area contributed by atoms with Gasteiger partial charge in [-0.15, -0.1) is 0 Å². The molecule has 9 heteroatoms. The van der Waals surface area contributed by atoms with Crippen LogP contribution < -0.4 is 10.5 Å². The summed E-state index contributed by atoms with van der Waals surface area (Å²) in [6.07, 6.45) is -1.10. The highest BCUT2D eigenvalue weighted by molar-refractivity contribution is 7.89. The Morgan fingerprint density at radius 2 is 1.80 bits per heavy atom. The van der Waals surface area contributed by atoms with Gasteiger partial charge in [0.2, 0.25) is 10.0 Å². The lowest BCUT2D eigenvalue weighted by Gasteiger charge is -2.14. The number of carbonyl (C=O) groups excluding carboxylic acids is 2. The molecule has 25 heavy (non-hydrogen) atoms. The minimum atomic E-state index is -4.09. The Kier molecular flexibility index (Phi) is 5.78. The lowest BCUT2D eigenvalue weighted by atomic mass is 10.2. The highest BCUT2D eigenvalue weighted by Gasteiger charge is 2.21. The summed E-state index contributed by atoms with van der Waals surface area (Å²) in [6, 6.07) is 12.1. The maximum Gasteiger partial charge on any atom is 0.338 e. The highest BCUT2D eigenvalue weighted by Crippen LogP contribution is 2.22. The number of esters is 1. The van der Waals surface area contributed by atoms with E-state index in [1.165, 1.54) is 19.1 Å². The average Bonchev–Trinajstić information content (AvgIpc) is 2.54. The van der Waals surface area contributed by atoms with Crippen LogP contribution >= 0.6 is 11.6 Å². The molecule has 1 atom stereocenters. The maximum absolute atomic E-state index is 12.1. The normalized spacial score (nSPS) is 12.3. The molecule has 0 fully saturated rings. The van der Waals surface area contributed by atoms with Crippen LogP contribution in [0.4, 0.5) is 5.69 Å². The number of rotatable bonds is 5. The van der Waals surface area contributed by atoms with Gasteiger partial charge >= 0.3 is 5.97 Å². The molecule has 0 saturated heterocycles. The zero-order valence-electron chi connectivity index (χ0n) is 13.1. The molecule has 0 spiro atoms. The summed E-state index contributed by atoms with van der Waals surface area (Å²) in [5.41, 5.74) is 0.464. The van der Waals surface area contributed by atoms with E-state index in [0.717, 1.165) is 6.07 Å². The van der Waals surface area contributed by atoms with E-state index in [1.54, 1.807) is 30.3 Å². The fourth-order valence-electron chi connectivity index (χ4n) is 1.90. The van der Waals surface area contributed by atoms with Crippen molar-refractivity contribution < 1.29 is 22.7 Å². The van der Waals surface area contributed by atoms with E-state index in [9.17, 15) is 18.0 Å². The molecule has 2 aromatic carbocycles. The minimum absolute atomic E-state index is 0.0900. The lowest BCUT2D eigenvalue weighted by molar-refractivity contribution is -0.123. The van der Waals surface area contributed by atoms with Crippen molar-refractivity contribution >= 4 is 39.2 Å². The molecule has 2 rings (SSSR count). The highest BCUT2D eigenvalue weighted by atomic mass is 35.5. The van der Waals surface area contributed by atoms with E-state index >= 15 is 0 Å². The molecular weight excluding hydrogens is 368 g/mol. The summed E-state index contributed by atoms with van der Waals surface area (Å²) in [7, 11) is -4.09. The summed E-state index contributed by atoms with van der Waals surface area (Å²) in [6.45, 7) is 1.40. The van der Waals surface area contributed by atoms with Crippen molar-refractivity contribution in [1.29, 1.82) is 0 Å². The summed E-state index contributed by atoms with van der Waals surface area (Å²) in [5.74, 6) is -1.41. The first-order valence-electron chi connectivity index (χ1n) is 7.07. The molecule has 0 bridgehead atoms. The maximum atomic E-state index is 12.1. The molecule has 0 aliphatic carbocycles. The zero-order valence-corrected chi connectivity index (χ0v) is 14.7. The number of carbonyl (C=O) groups is 2. The topological polar surface area (TPSA) is 116 Å². The van der Waals surface area contributed by atoms with Crippen molar-refractivity contribution in [3.05, 3.63) is 59.1 Å². The molecule has 0 radical (unpaired) electrons. The number of primary sulfonamides is 1. The van der Waals surface area contributed by atoms with Crippen LogP contribution in [0.15, 0.2) is 53.4 Å². The van der Waals surface area contributed by atoms with Crippen molar-refractivity contribution in [2.75, 3.05) is 5.32 Å². The Bertz CT molecular complexity index is 900. The number of halogens is 1. The van der Waals surface area contributed by atoms with Crippen LogP contribution in [0.1, 0.15) is 17.3 Å². The number of sulfonamides is 1.